The molecule has 0 spiro atoms. The average molecular weight is 482 g/mol. The minimum absolute atomic E-state index is 0.0706. The van der Waals surface area contributed by atoms with Gasteiger partial charge in [-0.2, -0.15) is 0 Å². The number of pyridine rings is 1. The third-order valence-electron chi connectivity index (χ3n) is 5.25. The molecular formula is C18H19IN4O4. The maximum Gasteiger partial charge on any atom is 0.407 e. The fourth-order valence-electron chi connectivity index (χ4n) is 3.54. The van der Waals surface area contributed by atoms with Gasteiger partial charge in [0.25, 0.3) is 5.91 Å². The molecule has 27 heavy (non-hydrogen) atoms. The SMILES string of the molecule is CC1(COc2cnccc2-c2[nH]c3c(c2I)C(=O)NCC3)CCN1C(=O)O. The Balaban J connectivity index is 1.63. The Hall–Kier alpha value is -2.30. The number of amides is 2. The summed E-state index contributed by atoms with van der Waals surface area (Å²) in [4.78, 5) is 32.4. The highest BCUT2D eigenvalue weighted by molar-refractivity contribution is 14.1. The summed E-state index contributed by atoms with van der Waals surface area (Å²) in [7, 11) is 0. The lowest BCUT2D eigenvalue weighted by molar-refractivity contribution is -0.0170. The van der Waals surface area contributed by atoms with Crippen LogP contribution in [0.2, 0.25) is 0 Å². The summed E-state index contributed by atoms with van der Waals surface area (Å²) in [6, 6.07) is 1.84. The molecule has 1 unspecified atom stereocenters. The number of H-pyrrole nitrogens is 1. The lowest BCUT2D eigenvalue weighted by Gasteiger charge is -2.48. The fraction of sp³-hybridized carbons (Fsp3) is 0.389. The van der Waals surface area contributed by atoms with Crippen LogP contribution in [0.3, 0.4) is 0 Å². The van der Waals surface area contributed by atoms with Crippen LogP contribution in [0, 0.1) is 3.57 Å². The molecule has 2 aliphatic rings. The van der Waals surface area contributed by atoms with E-state index in [2.05, 4.69) is 37.9 Å². The number of nitrogens with one attached hydrogen (secondary N) is 2. The van der Waals surface area contributed by atoms with Crippen LogP contribution in [0.4, 0.5) is 4.79 Å². The highest BCUT2D eigenvalue weighted by Crippen LogP contribution is 2.37. The van der Waals surface area contributed by atoms with Crippen LogP contribution in [-0.2, 0) is 6.42 Å². The number of fused-ring (bicyclic) bond motifs is 1. The van der Waals surface area contributed by atoms with Gasteiger partial charge in [-0.05, 0) is 42.0 Å². The summed E-state index contributed by atoms with van der Waals surface area (Å²) in [6.07, 6.45) is 3.87. The van der Waals surface area contributed by atoms with Crippen molar-refractivity contribution < 1.29 is 19.4 Å². The van der Waals surface area contributed by atoms with Crippen molar-refractivity contribution in [1.29, 1.82) is 0 Å². The number of carbonyl (C=O) groups is 2. The van der Waals surface area contributed by atoms with Crippen LogP contribution in [0.15, 0.2) is 18.5 Å². The molecule has 142 valence electrons. The van der Waals surface area contributed by atoms with Gasteiger partial charge in [-0.1, -0.05) is 0 Å². The molecule has 0 saturated carbocycles. The molecule has 2 amide bonds. The number of likely N-dealkylation sites (tertiary alicyclic amines) is 1. The number of ether oxygens (including phenoxy) is 1. The zero-order chi connectivity index (χ0) is 19.2. The molecule has 0 radical (unpaired) electrons. The van der Waals surface area contributed by atoms with E-state index in [4.69, 9.17) is 4.74 Å². The van der Waals surface area contributed by atoms with E-state index in [9.17, 15) is 14.7 Å². The van der Waals surface area contributed by atoms with E-state index >= 15 is 0 Å². The molecule has 9 heteroatoms. The van der Waals surface area contributed by atoms with Crippen LogP contribution in [0.1, 0.15) is 29.4 Å². The molecule has 2 aromatic heterocycles. The molecular weight excluding hydrogens is 463 g/mol. The number of hydrogen-bond acceptors (Lipinski definition) is 4. The van der Waals surface area contributed by atoms with Gasteiger partial charge in [0, 0.05) is 37.0 Å². The van der Waals surface area contributed by atoms with Crippen LogP contribution >= 0.6 is 22.6 Å². The first-order chi connectivity index (χ1) is 12.9. The van der Waals surface area contributed by atoms with Crippen LogP contribution in [0.5, 0.6) is 5.75 Å². The molecule has 1 fully saturated rings. The van der Waals surface area contributed by atoms with Gasteiger partial charge in [-0.15, -0.1) is 0 Å². The smallest absolute Gasteiger partial charge is 0.407 e. The average Bonchev–Trinajstić information content (AvgIpc) is 2.96. The Bertz CT molecular complexity index is 928. The van der Waals surface area contributed by atoms with Crippen LogP contribution in [0.25, 0.3) is 11.3 Å². The normalized spacial score (nSPS) is 21.3. The highest BCUT2D eigenvalue weighted by Gasteiger charge is 2.44. The number of aromatic amines is 1. The van der Waals surface area contributed by atoms with E-state index in [1.807, 2.05) is 13.0 Å². The molecule has 0 bridgehead atoms. The predicted molar refractivity (Wildman–Crippen MR) is 106 cm³/mol. The zero-order valence-electron chi connectivity index (χ0n) is 14.7. The van der Waals surface area contributed by atoms with Crippen molar-refractivity contribution in [3.8, 4) is 17.0 Å². The molecule has 3 N–H and O–H groups in total. The maximum absolute atomic E-state index is 12.2. The Kier molecular flexibility index (Phi) is 4.49. The summed E-state index contributed by atoms with van der Waals surface area (Å²) in [5.74, 6) is 0.492. The van der Waals surface area contributed by atoms with Gasteiger partial charge in [0.05, 0.1) is 26.6 Å². The molecule has 8 nitrogen and oxygen atoms in total. The van der Waals surface area contributed by atoms with Gasteiger partial charge in [0.15, 0.2) is 0 Å². The quantitative estimate of drug-likeness (QED) is 0.581. The van der Waals surface area contributed by atoms with Crippen molar-refractivity contribution in [2.75, 3.05) is 19.7 Å². The van der Waals surface area contributed by atoms with E-state index in [0.717, 1.165) is 33.4 Å². The second-order valence-electron chi connectivity index (χ2n) is 7.02. The maximum atomic E-state index is 12.2. The Morgan fingerprint density at radius 3 is 3.00 bits per heavy atom. The number of hydrogen-bond donors (Lipinski definition) is 3. The monoisotopic (exact) mass is 482 g/mol. The molecule has 0 aromatic carbocycles. The zero-order valence-corrected chi connectivity index (χ0v) is 16.9. The van der Waals surface area contributed by atoms with Gasteiger partial charge >= 0.3 is 6.09 Å². The molecule has 4 heterocycles. The van der Waals surface area contributed by atoms with Crippen LogP contribution in [-0.4, -0.2) is 57.2 Å². The van der Waals surface area contributed by atoms with E-state index in [1.54, 1.807) is 12.4 Å². The van der Waals surface area contributed by atoms with Gasteiger partial charge in [-0.3, -0.25) is 14.7 Å². The number of aromatic nitrogens is 2. The third-order valence-corrected chi connectivity index (χ3v) is 6.33. The van der Waals surface area contributed by atoms with Gasteiger partial charge in [0.1, 0.15) is 12.4 Å². The minimum atomic E-state index is -0.934. The summed E-state index contributed by atoms with van der Waals surface area (Å²) < 4.78 is 6.85. The number of nitrogens with zero attached hydrogens (tertiary/aromatic N) is 2. The van der Waals surface area contributed by atoms with Gasteiger partial charge < -0.3 is 20.1 Å². The van der Waals surface area contributed by atoms with Crippen molar-refractivity contribution in [3.05, 3.63) is 33.3 Å². The molecule has 2 aliphatic heterocycles. The molecule has 1 atom stereocenters. The molecule has 4 rings (SSSR count). The number of carbonyl (C=O) groups excluding carboxylic acids is 1. The number of rotatable bonds is 4. The number of halogens is 1. The Morgan fingerprint density at radius 1 is 1.52 bits per heavy atom. The molecule has 0 aliphatic carbocycles. The molecule has 2 aromatic rings. The largest absolute Gasteiger partial charge is 0.489 e. The van der Waals surface area contributed by atoms with Crippen molar-refractivity contribution in [1.82, 2.24) is 20.2 Å². The first-order valence-corrected chi connectivity index (χ1v) is 9.75. The van der Waals surface area contributed by atoms with Gasteiger partial charge in [-0.25, -0.2) is 4.79 Å². The summed E-state index contributed by atoms with van der Waals surface area (Å²) in [5, 5.41) is 12.1. The Labute approximate surface area is 169 Å². The van der Waals surface area contributed by atoms with Crippen molar-refractivity contribution in [3.63, 3.8) is 0 Å². The Morgan fingerprint density at radius 2 is 2.33 bits per heavy atom. The van der Waals surface area contributed by atoms with Crippen molar-refractivity contribution in [2.45, 2.75) is 25.3 Å². The number of carboxylic acid groups (broad SMARTS) is 1. The van der Waals surface area contributed by atoms with E-state index in [-0.39, 0.29) is 12.5 Å². The summed E-state index contributed by atoms with van der Waals surface area (Å²) >= 11 is 2.18. The van der Waals surface area contributed by atoms with E-state index < -0.39 is 11.6 Å². The predicted octanol–water partition coefficient (Wildman–Crippen LogP) is 2.49. The lowest BCUT2D eigenvalue weighted by Crippen LogP contribution is -2.62. The summed E-state index contributed by atoms with van der Waals surface area (Å²) in [5.41, 5.74) is 2.69. The minimum Gasteiger partial charge on any atom is -0.489 e. The summed E-state index contributed by atoms with van der Waals surface area (Å²) in [6.45, 7) is 3.26. The third kappa shape index (κ3) is 3.03. The van der Waals surface area contributed by atoms with E-state index in [0.29, 0.717) is 24.4 Å². The highest BCUT2D eigenvalue weighted by atomic mass is 127. The van der Waals surface area contributed by atoms with E-state index in [1.165, 1.54) is 4.90 Å². The van der Waals surface area contributed by atoms with Crippen molar-refractivity contribution in [2.24, 2.45) is 0 Å². The second kappa shape index (κ2) is 6.70. The first kappa shape index (κ1) is 18.1. The van der Waals surface area contributed by atoms with Crippen molar-refractivity contribution >= 4 is 34.6 Å². The van der Waals surface area contributed by atoms with Gasteiger partial charge in [0.2, 0.25) is 0 Å². The second-order valence-corrected chi connectivity index (χ2v) is 8.09. The van der Waals surface area contributed by atoms with Crippen LogP contribution < -0.4 is 10.1 Å². The standard InChI is InChI=1S/C18H19IN4O4/c1-18(4-7-23(18)17(25)26)9-27-12-8-20-5-2-10(12)15-14(19)13-11(22-15)3-6-21-16(13)24/h2,5,8,22H,3-4,6-7,9H2,1H3,(H,21,24)(H,25,26). The fourth-order valence-corrected chi connectivity index (χ4v) is 4.54. The first-order valence-electron chi connectivity index (χ1n) is 8.67. The molecule has 1 saturated heterocycles. The topological polar surface area (TPSA) is 108 Å². The lowest BCUT2D eigenvalue weighted by atomic mass is 9.88.